The molecule has 1 amide bonds. The number of nitrogens with zero attached hydrogens (tertiary/aromatic N) is 3. The highest BCUT2D eigenvalue weighted by Gasteiger charge is 2.31. The SMILES string of the molecule is O=C(/C=C\c1cccc(F)c1)NCc1nnc(SCC2CCCO2)n1-c1cccc(C(F)(F)F)c1. The van der Waals surface area contributed by atoms with Crippen molar-refractivity contribution in [2.24, 2.45) is 0 Å². The molecule has 1 N–H and O–H groups in total. The number of aromatic nitrogens is 3. The topological polar surface area (TPSA) is 69.0 Å². The van der Waals surface area contributed by atoms with Gasteiger partial charge >= 0.3 is 6.18 Å². The first kappa shape index (κ1) is 24.9. The Balaban J connectivity index is 1.53. The lowest BCUT2D eigenvalue weighted by Crippen LogP contribution is -2.22. The zero-order chi connectivity index (χ0) is 24.8. The molecule has 0 bridgehead atoms. The van der Waals surface area contributed by atoms with E-state index in [2.05, 4.69) is 15.5 Å². The summed E-state index contributed by atoms with van der Waals surface area (Å²) < 4.78 is 60.4. The summed E-state index contributed by atoms with van der Waals surface area (Å²) in [7, 11) is 0. The predicted molar refractivity (Wildman–Crippen MR) is 123 cm³/mol. The second-order valence-electron chi connectivity index (χ2n) is 7.83. The van der Waals surface area contributed by atoms with E-state index < -0.39 is 23.5 Å². The van der Waals surface area contributed by atoms with Crippen molar-refractivity contribution in [3.63, 3.8) is 0 Å². The summed E-state index contributed by atoms with van der Waals surface area (Å²) in [4.78, 5) is 12.3. The molecule has 0 saturated carbocycles. The van der Waals surface area contributed by atoms with Crippen molar-refractivity contribution in [2.75, 3.05) is 12.4 Å². The van der Waals surface area contributed by atoms with Crippen LogP contribution in [-0.4, -0.2) is 39.1 Å². The molecule has 2 aromatic carbocycles. The van der Waals surface area contributed by atoms with Crippen LogP contribution in [0.5, 0.6) is 0 Å². The van der Waals surface area contributed by atoms with E-state index in [1.54, 1.807) is 6.07 Å². The molecule has 1 atom stereocenters. The minimum absolute atomic E-state index is 0.0442. The molecule has 1 aliphatic heterocycles. The third-order valence-corrected chi connectivity index (χ3v) is 6.31. The van der Waals surface area contributed by atoms with E-state index in [1.165, 1.54) is 58.8 Å². The highest BCUT2D eigenvalue weighted by Crippen LogP contribution is 2.32. The van der Waals surface area contributed by atoms with Gasteiger partial charge in [0.1, 0.15) is 5.82 Å². The van der Waals surface area contributed by atoms with Crippen LogP contribution in [0.25, 0.3) is 11.8 Å². The number of hydrogen-bond donors (Lipinski definition) is 1. The maximum atomic E-state index is 13.3. The Kier molecular flexibility index (Phi) is 7.86. The summed E-state index contributed by atoms with van der Waals surface area (Å²) in [5.41, 5.74) is -0.0499. The monoisotopic (exact) mass is 506 g/mol. The Morgan fingerprint density at radius 2 is 2.03 bits per heavy atom. The minimum atomic E-state index is -4.51. The van der Waals surface area contributed by atoms with Crippen LogP contribution < -0.4 is 5.32 Å². The van der Waals surface area contributed by atoms with Crippen molar-refractivity contribution in [1.29, 1.82) is 0 Å². The lowest BCUT2D eigenvalue weighted by atomic mass is 10.2. The van der Waals surface area contributed by atoms with E-state index in [4.69, 9.17) is 4.74 Å². The van der Waals surface area contributed by atoms with Crippen LogP contribution in [0.3, 0.4) is 0 Å². The molecule has 0 aliphatic carbocycles. The van der Waals surface area contributed by atoms with E-state index in [1.807, 2.05) is 0 Å². The Bertz CT molecular complexity index is 1210. The molecule has 35 heavy (non-hydrogen) atoms. The molecule has 2 heterocycles. The average molecular weight is 507 g/mol. The second-order valence-corrected chi connectivity index (χ2v) is 8.82. The number of rotatable bonds is 8. The van der Waals surface area contributed by atoms with Crippen LogP contribution in [0, 0.1) is 5.82 Å². The Hall–Kier alpha value is -3.18. The molecule has 4 rings (SSSR count). The van der Waals surface area contributed by atoms with Crippen molar-refractivity contribution in [3.05, 3.63) is 77.4 Å². The Morgan fingerprint density at radius 1 is 1.20 bits per heavy atom. The van der Waals surface area contributed by atoms with Crippen LogP contribution >= 0.6 is 11.8 Å². The molecule has 0 spiro atoms. The molecule has 6 nitrogen and oxygen atoms in total. The van der Waals surface area contributed by atoms with E-state index in [9.17, 15) is 22.4 Å². The molecular weight excluding hydrogens is 484 g/mol. The van der Waals surface area contributed by atoms with Crippen LogP contribution in [0.2, 0.25) is 0 Å². The van der Waals surface area contributed by atoms with Gasteiger partial charge in [0, 0.05) is 18.4 Å². The first-order valence-corrected chi connectivity index (χ1v) is 11.9. The highest BCUT2D eigenvalue weighted by atomic mass is 32.2. The van der Waals surface area contributed by atoms with Gasteiger partial charge in [-0.05, 0) is 54.8 Å². The van der Waals surface area contributed by atoms with Gasteiger partial charge in [0.25, 0.3) is 0 Å². The summed E-state index contributed by atoms with van der Waals surface area (Å²) in [6.07, 6.45) is 0.108. The first-order chi connectivity index (χ1) is 16.8. The molecular formula is C24H22F4N4O2S. The molecule has 1 saturated heterocycles. The number of alkyl halides is 3. The van der Waals surface area contributed by atoms with Gasteiger partial charge in [0.05, 0.1) is 23.9 Å². The zero-order valence-electron chi connectivity index (χ0n) is 18.5. The largest absolute Gasteiger partial charge is 0.416 e. The van der Waals surface area contributed by atoms with Crippen LogP contribution in [-0.2, 0) is 22.3 Å². The fraction of sp³-hybridized carbons (Fsp3) is 0.292. The standard InChI is InChI=1S/C24H22F4N4O2S/c25-18-6-1-4-16(12-18)9-10-22(33)29-14-21-30-31-23(35-15-20-8-3-11-34-20)32(21)19-7-2-5-17(13-19)24(26,27)28/h1-2,4-7,9-10,12-13,20H,3,8,11,14-15H2,(H,29,33)/b10-9-. The summed E-state index contributed by atoms with van der Waals surface area (Å²) in [6, 6.07) is 10.6. The van der Waals surface area contributed by atoms with Crippen molar-refractivity contribution in [1.82, 2.24) is 20.1 Å². The van der Waals surface area contributed by atoms with E-state index in [-0.39, 0.29) is 24.2 Å². The molecule has 1 aromatic heterocycles. The molecule has 0 radical (unpaired) electrons. The van der Waals surface area contributed by atoms with Gasteiger partial charge in [-0.1, -0.05) is 30.0 Å². The molecule has 1 fully saturated rings. The average Bonchev–Trinajstić information content (AvgIpc) is 3.49. The minimum Gasteiger partial charge on any atom is -0.377 e. The van der Waals surface area contributed by atoms with Crippen LogP contribution in [0.1, 0.15) is 29.8 Å². The van der Waals surface area contributed by atoms with Crippen LogP contribution in [0.4, 0.5) is 17.6 Å². The molecule has 1 unspecified atom stereocenters. The summed E-state index contributed by atoms with van der Waals surface area (Å²) in [5, 5.41) is 11.3. The highest BCUT2D eigenvalue weighted by molar-refractivity contribution is 7.99. The van der Waals surface area contributed by atoms with Gasteiger partial charge < -0.3 is 10.1 Å². The van der Waals surface area contributed by atoms with Gasteiger partial charge in [-0.3, -0.25) is 9.36 Å². The maximum absolute atomic E-state index is 13.3. The van der Waals surface area contributed by atoms with E-state index >= 15 is 0 Å². The van der Waals surface area contributed by atoms with E-state index in [0.717, 1.165) is 25.0 Å². The number of benzene rings is 2. The predicted octanol–water partition coefficient (Wildman–Crippen LogP) is 5.03. The lowest BCUT2D eigenvalue weighted by molar-refractivity contribution is -0.137. The normalized spacial score (nSPS) is 16.2. The van der Waals surface area contributed by atoms with Gasteiger partial charge in [-0.2, -0.15) is 13.2 Å². The zero-order valence-corrected chi connectivity index (χ0v) is 19.3. The number of halogens is 4. The lowest BCUT2D eigenvalue weighted by Gasteiger charge is -2.14. The smallest absolute Gasteiger partial charge is 0.377 e. The maximum Gasteiger partial charge on any atom is 0.416 e. The van der Waals surface area contributed by atoms with E-state index in [0.29, 0.717) is 23.1 Å². The first-order valence-electron chi connectivity index (χ1n) is 10.9. The fourth-order valence-electron chi connectivity index (χ4n) is 3.54. The quantitative estimate of drug-likeness (QED) is 0.264. The number of carbonyl (C=O) groups is 1. The van der Waals surface area contributed by atoms with Crippen molar-refractivity contribution in [2.45, 2.75) is 36.8 Å². The molecule has 3 aromatic rings. The second kappa shape index (κ2) is 11.0. The van der Waals surface area contributed by atoms with Gasteiger partial charge in [-0.15, -0.1) is 10.2 Å². The third-order valence-electron chi connectivity index (χ3n) is 5.25. The number of amides is 1. The number of hydrogen-bond acceptors (Lipinski definition) is 5. The van der Waals surface area contributed by atoms with Gasteiger partial charge in [-0.25, -0.2) is 4.39 Å². The van der Waals surface area contributed by atoms with Crippen molar-refractivity contribution < 1.29 is 27.1 Å². The van der Waals surface area contributed by atoms with Crippen LogP contribution in [0.15, 0.2) is 59.8 Å². The summed E-state index contributed by atoms with van der Waals surface area (Å²) in [5.74, 6) is -0.0392. The Morgan fingerprint density at radius 3 is 2.77 bits per heavy atom. The fourth-order valence-corrected chi connectivity index (χ4v) is 4.58. The number of carbonyl (C=O) groups excluding carboxylic acids is 1. The molecule has 184 valence electrons. The molecule has 1 aliphatic rings. The van der Waals surface area contributed by atoms with Crippen molar-refractivity contribution in [3.8, 4) is 5.69 Å². The van der Waals surface area contributed by atoms with Gasteiger partial charge in [0.2, 0.25) is 5.91 Å². The molecule has 11 heteroatoms. The third kappa shape index (κ3) is 6.70. The number of ether oxygens (including phenoxy) is 1. The number of nitrogens with one attached hydrogen (secondary N) is 1. The van der Waals surface area contributed by atoms with Crippen molar-refractivity contribution >= 4 is 23.7 Å². The number of thioether (sulfide) groups is 1. The summed E-state index contributed by atoms with van der Waals surface area (Å²) >= 11 is 1.34. The van der Waals surface area contributed by atoms with Gasteiger partial charge in [0.15, 0.2) is 11.0 Å². The summed E-state index contributed by atoms with van der Waals surface area (Å²) in [6.45, 7) is 0.613. The Labute approximate surface area is 203 Å².